The van der Waals surface area contributed by atoms with E-state index in [4.69, 9.17) is 5.73 Å². The van der Waals surface area contributed by atoms with Crippen LogP contribution in [0.15, 0.2) is 22.7 Å². The van der Waals surface area contributed by atoms with Gasteiger partial charge in [-0.05, 0) is 40.0 Å². The largest absolute Gasteiger partial charge is 0.468 e. The zero-order valence-electron chi connectivity index (χ0n) is 8.17. The summed E-state index contributed by atoms with van der Waals surface area (Å²) in [5.41, 5.74) is 6.34. The molecule has 0 bridgehead atoms. The van der Waals surface area contributed by atoms with Gasteiger partial charge in [0.15, 0.2) is 0 Å². The standard InChI is InChI=1S/C10H11BrFNO2/c1-15-10(14)9(13)5-6-2-3-8(12)7(11)4-6/h2-4,9H,5,13H2,1H3. The lowest BCUT2D eigenvalue weighted by Crippen LogP contribution is -2.33. The molecule has 5 heteroatoms. The second-order valence-electron chi connectivity index (χ2n) is 3.08. The van der Waals surface area contributed by atoms with Crippen molar-refractivity contribution in [3.8, 4) is 0 Å². The molecular formula is C10H11BrFNO2. The smallest absolute Gasteiger partial charge is 0.322 e. The van der Waals surface area contributed by atoms with Crippen LogP contribution in [-0.4, -0.2) is 19.1 Å². The molecule has 0 saturated carbocycles. The molecule has 0 amide bonds. The molecule has 1 aromatic carbocycles. The molecule has 0 radical (unpaired) electrons. The summed E-state index contributed by atoms with van der Waals surface area (Å²) in [6.07, 6.45) is 0.325. The van der Waals surface area contributed by atoms with Crippen LogP contribution in [0.2, 0.25) is 0 Å². The number of benzene rings is 1. The number of rotatable bonds is 3. The first kappa shape index (κ1) is 12.1. The van der Waals surface area contributed by atoms with E-state index in [0.717, 1.165) is 5.56 Å². The minimum atomic E-state index is -0.715. The normalized spacial score (nSPS) is 12.3. The highest BCUT2D eigenvalue weighted by molar-refractivity contribution is 9.10. The number of hydrogen-bond donors (Lipinski definition) is 1. The fourth-order valence-electron chi connectivity index (χ4n) is 1.16. The van der Waals surface area contributed by atoms with Gasteiger partial charge in [0.2, 0.25) is 0 Å². The van der Waals surface area contributed by atoms with Gasteiger partial charge >= 0.3 is 5.97 Å². The van der Waals surface area contributed by atoms with Gasteiger partial charge in [-0.2, -0.15) is 0 Å². The van der Waals surface area contributed by atoms with Crippen molar-refractivity contribution in [2.24, 2.45) is 5.73 Å². The lowest BCUT2D eigenvalue weighted by Gasteiger charge is -2.09. The maximum Gasteiger partial charge on any atom is 0.322 e. The molecule has 1 unspecified atom stereocenters. The van der Waals surface area contributed by atoms with Gasteiger partial charge in [0.1, 0.15) is 11.9 Å². The molecule has 1 rings (SSSR count). The fraction of sp³-hybridized carbons (Fsp3) is 0.300. The number of carbonyl (C=O) groups excluding carboxylic acids is 1. The van der Waals surface area contributed by atoms with Gasteiger partial charge in [-0.1, -0.05) is 6.07 Å². The predicted octanol–water partition coefficient (Wildman–Crippen LogP) is 1.63. The Bertz CT molecular complexity index is 370. The van der Waals surface area contributed by atoms with E-state index in [1.165, 1.54) is 13.2 Å². The maximum absolute atomic E-state index is 12.9. The van der Waals surface area contributed by atoms with Crippen molar-refractivity contribution in [2.45, 2.75) is 12.5 Å². The Kier molecular flexibility index (Phi) is 4.23. The summed E-state index contributed by atoms with van der Waals surface area (Å²) in [7, 11) is 1.28. The van der Waals surface area contributed by atoms with Gasteiger partial charge < -0.3 is 10.5 Å². The lowest BCUT2D eigenvalue weighted by atomic mass is 10.1. The van der Waals surface area contributed by atoms with E-state index < -0.39 is 12.0 Å². The molecule has 0 saturated heterocycles. The zero-order valence-corrected chi connectivity index (χ0v) is 9.75. The van der Waals surface area contributed by atoms with E-state index in [2.05, 4.69) is 20.7 Å². The minimum absolute atomic E-state index is 0.325. The summed E-state index contributed by atoms with van der Waals surface area (Å²) in [4.78, 5) is 11.0. The molecular weight excluding hydrogens is 265 g/mol. The van der Waals surface area contributed by atoms with E-state index in [1.54, 1.807) is 12.1 Å². The molecule has 15 heavy (non-hydrogen) atoms. The van der Waals surface area contributed by atoms with Gasteiger partial charge in [-0.15, -0.1) is 0 Å². The third-order valence-corrected chi connectivity index (χ3v) is 2.55. The van der Waals surface area contributed by atoms with Crippen LogP contribution in [0.3, 0.4) is 0 Å². The van der Waals surface area contributed by atoms with Crippen LogP contribution < -0.4 is 5.73 Å². The average molecular weight is 276 g/mol. The monoisotopic (exact) mass is 275 g/mol. The second kappa shape index (κ2) is 5.23. The number of ether oxygens (including phenoxy) is 1. The van der Waals surface area contributed by atoms with Crippen molar-refractivity contribution in [1.82, 2.24) is 0 Å². The van der Waals surface area contributed by atoms with Crippen molar-refractivity contribution in [3.05, 3.63) is 34.1 Å². The highest BCUT2D eigenvalue weighted by Gasteiger charge is 2.14. The Balaban J connectivity index is 2.73. The topological polar surface area (TPSA) is 52.3 Å². The second-order valence-corrected chi connectivity index (χ2v) is 3.94. The van der Waals surface area contributed by atoms with Gasteiger partial charge in [0.25, 0.3) is 0 Å². The van der Waals surface area contributed by atoms with Crippen LogP contribution in [0.5, 0.6) is 0 Å². The quantitative estimate of drug-likeness (QED) is 0.854. The van der Waals surface area contributed by atoms with Gasteiger partial charge in [-0.25, -0.2) is 4.39 Å². The maximum atomic E-state index is 12.9. The molecule has 0 heterocycles. The summed E-state index contributed by atoms with van der Waals surface area (Å²) < 4.78 is 17.7. The summed E-state index contributed by atoms with van der Waals surface area (Å²) in [5.74, 6) is -0.819. The molecule has 3 nitrogen and oxygen atoms in total. The Labute approximate surface area is 95.5 Å². The Hall–Kier alpha value is -0.940. The first-order chi connectivity index (χ1) is 7.04. The van der Waals surface area contributed by atoms with Gasteiger partial charge in [0, 0.05) is 0 Å². The van der Waals surface area contributed by atoms with Crippen LogP contribution in [0.25, 0.3) is 0 Å². The summed E-state index contributed by atoms with van der Waals surface area (Å²) in [6, 6.07) is 3.79. The molecule has 0 aliphatic heterocycles. The number of hydrogen-bond acceptors (Lipinski definition) is 3. The first-order valence-corrected chi connectivity index (χ1v) is 5.11. The number of halogens is 2. The van der Waals surface area contributed by atoms with Crippen LogP contribution in [-0.2, 0) is 16.0 Å². The van der Waals surface area contributed by atoms with E-state index >= 15 is 0 Å². The highest BCUT2D eigenvalue weighted by Crippen LogP contribution is 2.17. The van der Waals surface area contributed by atoms with E-state index in [-0.39, 0.29) is 5.82 Å². The number of carbonyl (C=O) groups is 1. The number of esters is 1. The molecule has 0 aliphatic rings. The minimum Gasteiger partial charge on any atom is -0.468 e. The van der Waals surface area contributed by atoms with Crippen molar-refractivity contribution in [1.29, 1.82) is 0 Å². The van der Waals surface area contributed by atoms with Gasteiger partial charge in [0.05, 0.1) is 11.6 Å². The molecule has 0 spiro atoms. The summed E-state index contributed by atoms with van der Waals surface area (Å²) in [6.45, 7) is 0. The average Bonchev–Trinajstić information content (AvgIpc) is 2.22. The number of methoxy groups -OCH3 is 1. The van der Waals surface area contributed by atoms with Crippen LogP contribution in [0, 0.1) is 5.82 Å². The highest BCUT2D eigenvalue weighted by atomic mass is 79.9. The number of nitrogens with two attached hydrogens (primary N) is 1. The summed E-state index contributed by atoms with van der Waals surface area (Å²) >= 11 is 3.06. The Morgan fingerprint density at radius 3 is 2.87 bits per heavy atom. The van der Waals surface area contributed by atoms with Gasteiger partial charge in [-0.3, -0.25) is 4.79 Å². The third-order valence-electron chi connectivity index (χ3n) is 1.94. The van der Waals surface area contributed by atoms with Crippen molar-refractivity contribution in [3.63, 3.8) is 0 Å². The van der Waals surface area contributed by atoms with E-state index in [1.807, 2.05) is 0 Å². The molecule has 0 fully saturated rings. The third kappa shape index (κ3) is 3.28. The van der Waals surface area contributed by atoms with E-state index in [9.17, 15) is 9.18 Å². The van der Waals surface area contributed by atoms with Crippen LogP contribution >= 0.6 is 15.9 Å². The van der Waals surface area contributed by atoms with Crippen molar-refractivity contribution < 1.29 is 13.9 Å². The SMILES string of the molecule is COC(=O)C(N)Cc1ccc(F)c(Br)c1. The van der Waals surface area contributed by atoms with Crippen molar-refractivity contribution >= 4 is 21.9 Å². The molecule has 2 N–H and O–H groups in total. The molecule has 0 aromatic heterocycles. The zero-order chi connectivity index (χ0) is 11.4. The Morgan fingerprint density at radius 1 is 1.67 bits per heavy atom. The first-order valence-electron chi connectivity index (χ1n) is 4.32. The lowest BCUT2D eigenvalue weighted by molar-refractivity contribution is -0.142. The van der Waals surface area contributed by atoms with Crippen LogP contribution in [0.4, 0.5) is 4.39 Å². The molecule has 1 aromatic rings. The van der Waals surface area contributed by atoms with Crippen LogP contribution in [0.1, 0.15) is 5.56 Å². The summed E-state index contributed by atoms with van der Waals surface area (Å²) in [5, 5.41) is 0. The predicted molar refractivity (Wildman–Crippen MR) is 57.8 cm³/mol. The molecule has 1 atom stereocenters. The van der Waals surface area contributed by atoms with E-state index in [0.29, 0.717) is 10.9 Å². The molecule has 0 aliphatic carbocycles. The van der Waals surface area contributed by atoms with Crippen molar-refractivity contribution in [2.75, 3.05) is 7.11 Å². The fourth-order valence-corrected chi connectivity index (χ4v) is 1.58. The molecule has 82 valence electrons. The Morgan fingerprint density at radius 2 is 2.33 bits per heavy atom.